The summed E-state index contributed by atoms with van der Waals surface area (Å²) in [6.45, 7) is 5.02. The number of hydrogen-bond donors (Lipinski definition) is 2. The number of ketones is 1. The minimum Gasteiger partial charge on any atom is -0.478 e. The van der Waals surface area contributed by atoms with E-state index in [4.69, 9.17) is 5.10 Å². The normalized spacial score (nSPS) is 15.7. The number of rotatable bonds is 8. The lowest BCUT2D eigenvalue weighted by atomic mass is 9.83. The maximum absolute atomic E-state index is 14.1. The molecule has 3 amide bonds. The van der Waals surface area contributed by atoms with Crippen molar-refractivity contribution in [1.29, 1.82) is 0 Å². The molecule has 1 aliphatic carbocycles. The maximum Gasteiger partial charge on any atom is 0.345 e. The summed E-state index contributed by atoms with van der Waals surface area (Å²) in [5, 5.41) is 18.1. The summed E-state index contributed by atoms with van der Waals surface area (Å²) in [4.78, 5) is 53.4. The molecule has 3 aromatic carbocycles. The van der Waals surface area contributed by atoms with Gasteiger partial charge in [0.1, 0.15) is 6.54 Å². The number of carboxylic acid groups (broad SMARTS) is 1. The van der Waals surface area contributed by atoms with Gasteiger partial charge in [0.05, 0.1) is 23.5 Å². The van der Waals surface area contributed by atoms with Crippen LogP contribution in [-0.4, -0.2) is 52.6 Å². The van der Waals surface area contributed by atoms with E-state index in [0.29, 0.717) is 11.4 Å². The van der Waals surface area contributed by atoms with Crippen molar-refractivity contribution in [2.24, 2.45) is 16.4 Å². The maximum atomic E-state index is 14.1. The van der Waals surface area contributed by atoms with Crippen LogP contribution in [-0.2, 0) is 9.59 Å². The first-order valence-electron chi connectivity index (χ1n) is 15.0. The summed E-state index contributed by atoms with van der Waals surface area (Å²) in [7, 11) is 0. The van der Waals surface area contributed by atoms with E-state index in [9.17, 15) is 24.3 Å². The third-order valence-corrected chi connectivity index (χ3v) is 8.19. The molecule has 1 fully saturated rings. The van der Waals surface area contributed by atoms with E-state index in [1.807, 2.05) is 51.1 Å². The summed E-state index contributed by atoms with van der Waals surface area (Å²) in [6, 6.07) is 20.7. The molecule has 1 saturated carbocycles. The van der Waals surface area contributed by atoms with Crippen molar-refractivity contribution in [3.05, 3.63) is 83.9 Å². The number of nitrogens with one attached hydrogen (secondary N) is 1. The van der Waals surface area contributed by atoms with Crippen LogP contribution in [0.3, 0.4) is 0 Å². The zero-order valence-corrected chi connectivity index (χ0v) is 25.4. The van der Waals surface area contributed by atoms with Crippen molar-refractivity contribution in [2.45, 2.75) is 52.9 Å². The molecular formula is C35H38N4O5. The van der Waals surface area contributed by atoms with Gasteiger partial charge in [-0.25, -0.2) is 14.6 Å². The van der Waals surface area contributed by atoms with E-state index in [1.165, 1.54) is 22.0 Å². The van der Waals surface area contributed by atoms with Crippen molar-refractivity contribution in [1.82, 2.24) is 5.01 Å². The summed E-state index contributed by atoms with van der Waals surface area (Å²) >= 11 is 0. The average molecular weight is 595 g/mol. The molecule has 3 aromatic rings. The standard InChI is InChI=1S/C35H38N4O5/c1-35(2,3)30(40)21-38-29-15-8-7-14-28(29)32(24-10-5-4-6-11-24)37-39(34(38)44)22-31(41)36-27-13-9-12-26(20-27)23-16-18-25(19-17-23)33(42)43/h7-9,12-20,24H,4-6,10-11,21-22H2,1-3H3,(H,36,41)(H,42,43). The molecule has 9 heteroatoms. The van der Waals surface area contributed by atoms with Gasteiger partial charge in [-0.2, -0.15) is 5.10 Å². The molecule has 2 N–H and O–H groups in total. The molecule has 9 nitrogen and oxygen atoms in total. The van der Waals surface area contributed by atoms with Crippen LogP contribution in [0.5, 0.6) is 0 Å². The highest BCUT2D eigenvalue weighted by molar-refractivity contribution is 6.13. The molecule has 1 heterocycles. The van der Waals surface area contributed by atoms with Gasteiger partial charge in [0.25, 0.3) is 0 Å². The van der Waals surface area contributed by atoms with Gasteiger partial charge in [-0.1, -0.05) is 82.5 Å². The van der Waals surface area contributed by atoms with Gasteiger partial charge >= 0.3 is 12.0 Å². The van der Waals surface area contributed by atoms with Crippen LogP contribution in [0.25, 0.3) is 11.1 Å². The SMILES string of the molecule is CC(C)(C)C(=O)CN1C(=O)N(CC(=O)Nc2cccc(-c3ccc(C(=O)O)cc3)c2)N=C(C2CCCCC2)c2ccccc21. The first-order valence-corrected chi connectivity index (χ1v) is 15.0. The van der Waals surface area contributed by atoms with Gasteiger partial charge in [-0.15, -0.1) is 0 Å². The molecule has 0 saturated heterocycles. The number of benzene rings is 3. The molecule has 5 rings (SSSR count). The number of para-hydroxylation sites is 1. The van der Waals surface area contributed by atoms with E-state index in [-0.39, 0.29) is 30.4 Å². The van der Waals surface area contributed by atoms with Crippen LogP contribution >= 0.6 is 0 Å². The predicted octanol–water partition coefficient (Wildman–Crippen LogP) is 6.83. The third-order valence-electron chi connectivity index (χ3n) is 8.19. The number of urea groups is 1. The van der Waals surface area contributed by atoms with Crippen molar-refractivity contribution in [2.75, 3.05) is 23.3 Å². The Hall–Kier alpha value is -4.79. The van der Waals surface area contributed by atoms with Gasteiger partial charge in [0.2, 0.25) is 5.91 Å². The number of nitrogens with zero attached hydrogens (tertiary/aromatic N) is 3. The highest BCUT2D eigenvalue weighted by Gasteiger charge is 2.36. The number of hydrogen-bond acceptors (Lipinski definition) is 5. The minimum absolute atomic E-state index is 0.0978. The zero-order chi connectivity index (χ0) is 31.4. The second-order valence-corrected chi connectivity index (χ2v) is 12.4. The second kappa shape index (κ2) is 12.8. The molecule has 0 atom stereocenters. The fraction of sp³-hybridized carbons (Fsp3) is 0.343. The van der Waals surface area contributed by atoms with E-state index < -0.39 is 23.3 Å². The van der Waals surface area contributed by atoms with Crippen LogP contribution in [0.4, 0.5) is 16.2 Å². The zero-order valence-electron chi connectivity index (χ0n) is 25.4. The van der Waals surface area contributed by atoms with Crippen molar-refractivity contribution in [3.8, 4) is 11.1 Å². The molecule has 228 valence electrons. The van der Waals surface area contributed by atoms with Gasteiger partial charge in [0.15, 0.2) is 5.78 Å². The van der Waals surface area contributed by atoms with E-state index in [1.54, 1.807) is 30.3 Å². The van der Waals surface area contributed by atoms with Gasteiger partial charge < -0.3 is 10.4 Å². The summed E-state index contributed by atoms with van der Waals surface area (Å²) in [5.74, 6) is -1.39. The quantitative estimate of drug-likeness (QED) is 0.296. The minimum atomic E-state index is -1.00. The summed E-state index contributed by atoms with van der Waals surface area (Å²) in [5.41, 5.74) is 3.88. The largest absolute Gasteiger partial charge is 0.478 e. The summed E-state index contributed by atoms with van der Waals surface area (Å²) in [6.07, 6.45) is 5.19. The summed E-state index contributed by atoms with van der Waals surface area (Å²) < 4.78 is 0. The first kappa shape index (κ1) is 30.7. The molecule has 0 bridgehead atoms. The molecule has 44 heavy (non-hydrogen) atoms. The topological polar surface area (TPSA) is 119 Å². The molecule has 2 aliphatic rings. The number of Topliss-reactive ketones (excluding diaryl/α,β-unsaturated/α-hetero) is 1. The smallest absolute Gasteiger partial charge is 0.345 e. The van der Waals surface area contributed by atoms with Crippen molar-refractivity contribution in [3.63, 3.8) is 0 Å². The molecular weight excluding hydrogens is 556 g/mol. The van der Waals surface area contributed by atoms with Crippen LogP contribution in [0.15, 0.2) is 77.9 Å². The van der Waals surface area contributed by atoms with Gasteiger partial charge in [-0.3, -0.25) is 14.5 Å². The number of hydrazone groups is 1. The van der Waals surface area contributed by atoms with E-state index in [0.717, 1.165) is 54.5 Å². The molecule has 0 radical (unpaired) electrons. The Kier molecular flexibility index (Phi) is 8.94. The molecule has 0 unspecified atom stereocenters. The van der Waals surface area contributed by atoms with Crippen molar-refractivity contribution >= 4 is 40.8 Å². The highest BCUT2D eigenvalue weighted by atomic mass is 16.4. The van der Waals surface area contributed by atoms with E-state index >= 15 is 0 Å². The highest BCUT2D eigenvalue weighted by Crippen LogP contribution is 2.34. The number of amides is 3. The Morgan fingerprint density at radius 2 is 1.59 bits per heavy atom. The van der Waals surface area contributed by atoms with Crippen LogP contribution in [0.2, 0.25) is 0 Å². The Morgan fingerprint density at radius 1 is 0.886 bits per heavy atom. The molecule has 0 aromatic heterocycles. The fourth-order valence-corrected chi connectivity index (χ4v) is 5.63. The molecule has 1 aliphatic heterocycles. The predicted molar refractivity (Wildman–Crippen MR) is 171 cm³/mol. The van der Waals surface area contributed by atoms with Crippen molar-refractivity contribution < 1.29 is 24.3 Å². The number of fused-ring (bicyclic) bond motifs is 1. The fourth-order valence-electron chi connectivity index (χ4n) is 5.63. The first-order chi connectivity index (χ1) is 21.0. The Bertz CT molecular complexity index is 1600. The van der Waals surface area contributed by atoms with E-state index in [2.05, 4.69) is 5.32 Å². The number of carbonyl (C=O) groups is 4. The lowest BCUT2D eigenvalue weighted by molar-refractivity contribution is -0.124. The van der Waals surface area contributed by atoms with Gasteiger partial charge in [-0.05, 0) is 54.3 Å². The monoisotopic (exact) mass is 594 g/mol. The second-order valence-electron chi connectivity index (χ2n) is 12.4. The number of aromatic carboxylic acids is 1. The lowest BCUT2D eigenvalue weighted by Gasteiger charge is -2.28. The van der Waals surface area contributed by atoms with Crippen LogP contribution < -0.4 is 10.2 Å². The van der Waals surface area contributed by atoms with Crippen LogP contribution in [0.1, 0.15) is 68.8 Å². The lowest BCUT2D eigenvalue weighted by Crippen LogP contribution is -2.47. The Balaban J connectivity index is 1.43. The van der Waals surface area contributed by atoms with Crippen LogP contribution in [0, 0.1) is 11.3 Å². The van der Waals surface area contributed by atoms with Gasteiger partial charge in [0, 0.05) is 22.6 Å². The number of carbonyl (C=O) groups excluding carboxylic acids is 3. The number of anilines is 2. The third kappa shape index (κ3) is 6.88. The average Bonchev–Trinajstić information content (AvgIpc) is 3.12. The molecule has 0 spiro atoms. The number of carboxylic acids is 1. The Morgan fingerprint density at radius 3 is 2.27 bits per heavy atom. The Labute approximate surface area is 257 Å².